The van der Waals surface area contributed by atoms with Crippen molar-refractivity contribution in [2.75, 3.05) is 4.72 Å². The molecule has 8 heteroatoms. The van der Waals surface area contributed by atoms with Crippen LogP contribution in [0.2, 0.25) is 0 Å². The van der Waals surface area contributed by atoms with Gasteiger partial charge < -0.3 is 4.74 Å². The maximum Gasteiger partial charge on any atom is 0.387 e. The minimum absolute atomic E-state index is 0.108. The second kappa shape index (κ2) is 5.98. The van der Waals surface area contributed by atoms with Crippen molar-refractivity contribution in [1.82, 2.24) is 0 Å². The fourth-order valence-electron chi connectivity index (χ4n) is 1.82. The summed E-state index contributed by atoms with van der Waals surface area (Å²) in [4.78, 5) is 1.73. The van der Waals surface area contributed by atoms with Gasteiger partial charge in [0.15, 0.2) is 0 Å². The van der Waals surface area contributed by atoms with Crippen molar-refractivity contribution in [2.45, 2.75) is 25.4 Å². The van der Waals surface area contributed by atoms with Gasteiger partial charge in [0, 0.05) is 15.8 Å². The zero-order chi connectivity index (χ0) is 15.6. The zero-order valence-electron chi connectivity index (χ0n) is 11.3. The molecular weight excluding hydrogens is 320 g/mol. The van der Waals surface area contributed by atoms with Crippen LogP contribution in [0.3, 0.4) is 0 Å². The van der Waals surface area contributed by atoms with Crippen molar-refractivity contribution in [3.8, 4) is 5.75 Å². The molecule has 21 heavy (non-hydrogen) atoms. The van der Waals surface area contributed by atoms with Gasteiger partial charge in [0.2, 0.25) is 0 Å². The average molecular weight is 333 g/mol. The highest BCUT2D eigenvalue weighted by atomic mass is 32.2. The number of ether oxygens (including phenoxy) is 1. The molecule has 0 bridgehead atoms. The second-order valence-electron chi connectivity index (χ2n) is 4.29. The van der Waals surface area contributed by atoms with E-state index in [1.54, 1.807) is 13.0 Å². The van der Waals surface area contributed by atoms with E-state index in [9.17, 15) is 17.2 Å². The SMILES string of the molecule is Cc1cc(S(=O)(=O)Nc2cccc(OC(F)F)c2)c(C)s1. The van der Waals surface area contributed by atoms with Crippen LogP contribution in [0.25, 0.3) is 0 Å². The number of benzene rings is 1. The smallest absolute Gasteiger partial charge is 0.387 e. The largest absolute Gasteiger partial charge is 0.435 e. The fourth-order valence-corrected chi connectivity index (χ4v) is 4.43. The Bertz CT molecular complexity index is 742. The molecule has 114 valence electrons. The van der Waals surface area contributed by atoms with Crippen molar-refractivity contribution < 1.29 is 21.9 Å². The minimum atomic E-state index is -3.75. The first-order valence-electron chi connectivity index (χ1n) is 5.92. The van der Waals surface area contributed by atoms with E-state index in [2.05, 4.69) is 9.46 Å². The molecule has 0 radical (unpaired) electrons. The van der Waals surface area contributed by atoms with Gasteiger partial charge in [0.05, 0.1) is 5.69 Å². The molecule has 0 saturated heterocycles. The molecule has 2 rings (SSSR count). The Morgan fingerprint density at radius 2 is 1.95 bits per heavy atom. The number of hydrogen-bond acceptors (Lipinski definition) is 4. The third kappa shape index (κ3) is 3.92. The van der Waals surface area contributed by atoms with E-state index in [4.69, 9.17) is 0 Å². The summed E-state index contributed by atoms with van der Waals surface area (Å²) < 4.78 is 55.4. The molecule has 0 unspecified atom stereocenters. The van der Waals surface area contributed by atoms with Crippen molar-refractivity contribution in [1.29, 1.82) is 0 Å². The van der Waals surface area contributed by atoms with Crippen molar-refractivity contribution in [3.05, 3.63) is 40.1 Å². The number of alkyl halides is 2. The summed E-state index contributed by atoms with van der Waals surface area (Å²) in [6, 6.07) is 7.00. The molecule has 0 amide bonds. The number of thiophene rings is 1. The van der Waals surface area contributed by atoms with Crippen LogP contribution >= 0.6 is 11.3 Å². The molecule has 0 saturated carbocycles. The van der Waals surface area contributed by atoms with Crippen LogP contribution in [0.4, 0.5) is 14.5 Å². The summed E-state index contributed by atoms with van der Waals surface area (Å²) in [6.45, 7) is 0.565. The van der Waals surface area contributed by atoms with Gasteiger partial charge in [-0.05, 0) is 32.0 Å². The molecule has 4 nitrogen and oxygen atoms in total. The number of sulfonamides is 1. The summed E-state index contributed by atoms with van der Waals surface area (Å²) in [7, 11) is -3.75. The number of nitrogens with one attached hydrogen (secondary N) is 1. The molecule has 2 aromatic rings. The number of rotatable bonds is 5. The van der Waals surface area contributed by atoms with E-state index in [-0.39, 0.29) is 16.3 Å². The first kappa shape index (κ1) is 15.7. The van der Waals surface area contributed by atoms with Gasteiger partial charge >= 0.3 is 6.61 Å². The van der Waals surface area contributed by atoms with E-state index in [0.717, 1.165) is 4.88 Å². The Balaban J connectivity index is 2.27. The van der Waals surface area contributed by atoms with E-state index < -0.39 is 16.6 Å². The monoisotopic (exact) mass is 333 g/mol. The van der Waals surface area contributed by atoms with E-state index >= 15 is 0 Å². The fraction of sp³-hybridized carbons (Fsp3) is 0.231. The van der Waals surface area contributed by atoms with E-state index in [1.165, 1.54) is 35.6 Å². The Hall–Kier alpha value is -1.67. The zero-order valence-corrected chi connectivity index (χ0v) is 12.9. The van der Waals surface area contributed by atoms with Crippen LogP contribution in [0.15, 0.2) is 35.2 Å². The van der Waals surface area contributed by atoms with Crippen LogP contribution in [0, 0.1) is 13.8 Å². The maximum atomic E-state index is 12.3. The van der Waals surface area contributed by atoms with Gasteiger partial charge in [-0.15, -0.1) is 11.3 Å². The lowest BCUT2D eigenvalue weighted by atomic mass is 10.3. The van der Waals surface area contributed by atoms with Crippen LogP contribution in [0.1, 0.15) is 9.75 Å². The van der Waals surface area contributed by atoms with Crippen molar-refractivity contribution in [3.63, 3.8) is 0 Å². The Labute approximate surface area is 125 Å². The molecular formula is C13H13F2NO3S2. The number of halogens is 2. The lowest BCUT2D eigenvalue weighted by molar-refractivity contribution is -0.0497. The predicted molar refractivity (Wildman–Crippen MR) is 77.7 cm³/mol. The molecule has 0 aliphatic heterocycles. The molecule has 0 spiro atoms. The quantitative estimate of drug-likeness (QED) is 0.906. The second-order valence-corrected chi connectivity index (χ2v) is 7.40. The summed E-state index contributed by atoms with van der Waals surface area (Å²) >= 11 is 1.38. The van der Waals surface area contributed by atoms with Crippen LogP contribution in [-0.4, -0.2) is 15.0 Å². The van der Waals surface area contributed by atoms with Crippen molar-refractivity contribution in [2.24, 2.45) is 0 Å². The highest BCUT2D eigenvalue weighted by Crippen LogP contribution is 2.28. The van der Waals surface area contributed by atoms with Crippen molar-refractivity contribution >= 4 is 27.0 Å². The van der Waals surface area contributed by atoms with E-state index in [0.29, 0.717) is 4.88 Å². The van der Waals surface area contributed by atoms with Gasteiger partial charge in [-0.3, -0.25) is 4.72 Å². The molecule has 1 heterocycles. The molecule has 0 fully saturated rings. The number of aryl methyl sites for hydroxylation is 2. The molecule has 1 N–H and O–H groups in total. The Kier molecular flexibility index (Phi) is 4.48. The molecule has 1 aromatic carbocycles. The summed E-state index contributed by atoms with van der Waals surface area (Å²) in [5.74, 6) is -0.108. The third-order valence-electron chi connectivity index (χ3n) is 2.60. The standard InChI is InChI=1S/C13H13F2NO3S2/c1-8-6-12(9(2)20-8)21(17,18)16-10-4-3-5-11(7-10)19-13(14)15/h3-7,13,16H,1-2H3. The predicted octanol–water partition coefficient (Wildman–Crippen LogP) is 3.77. The normalized spacial score (nSPS) is 11.7. The topological polar surface area (TPSA) is 55.4 Å². The highest BCUT2D eigenvalue weighted by Gasteiger charge is 2.19. The molecule has 0 atom stereocenters. The summed E-state index contributed by atoms with van der Waals surface area (Å²) in [5, 5.41) is 0. The molecule has 0 aliphatic rings. The van der Waals surface area contributed by atoms with Gasteiger partial charge in [-0.25, -0.2) is 8.42 Å². The minimum Gasteiger partial charge on any atom is -0.435 e. The lowest BCUT2D eigenvalue weighted by Gasteiger charge is -2.09. The Morgan fingerprint density at radius 3 is 2.52 bits per heavy atom. The van der Waals surface area contributed by atoms with Crippen LogP contribution < -0.4 is 9.46 Å². The third-order valence-corrected chi connectivity index (χ3v) is 5.20. The molecule has 1 aromatic heterocycles. The molecule has 0 aliphatic carbocycles. The summed E-state index contributed by atoms with van der Waals surface area (Å²) in [6.07, 6.45) is 0. The first-order valence-corrected chi connectivity index (χ1v) is 8.22. The highest BCUT2D eigenvalue weighted by molar-refractivity contribution is 7.93. The average Bonchev–Trinajstić information content (AvgIpc) is 2.68. The maximum absolute atomic E-state index is 12.3. The number of anilines is 1. The lowest BCUT2D eigenvalue weighted by Crippen LogP contribution is -2.13. The van der Waals surface area contributed by atoms with Gasteiger partial charge in [-0.2, -0.15) is 8.78 Å². The van der Waals surface area contributed by atoms with Gasteiger partial charge in [0.25, 0.3) is 10.0 Å². The van der Waals surface area contributed by atoms with Crippen LogP contribution in [-0.2, 0) is 10.0 Å². The van der Waals surface area contributed by atoms with Gasteiger partial charge in [0.1, 0.15) is 10.6 Å². The summed E-state index contributed by atoms with van der Waals surface area (Å²) in [5.41, 5.74) is 0.163. The van der Waals surface area contributed by atoms with Gasteiger partial charge in [-0.1, -0.05) is 6.07 Å². The Morgan fingerprint density at radius 1 is 1.24 bits per heavy atom. The first-order chi connectivity index (χ1) is 9.78. The van der Waals surface area contributed by atoms with Crippen LogP contribution in [0.5, 0.6) is 5.75 Å². The number of hydrogen-bond donors (Lipinski definition) is 1. The van der Waals surface area contributed by atoms with E-state index in [1.807, 2.05) is 6.92 Å².